The first-order valence-corrected chi connectivity index (χ1v) is 9.48. The van der Waals surface area contributed by atoms with E-state index in [1.165, 1.54) is 29.2 Å². The smallest absolute Gasteiger partial charge is 0.269 e. The Morgan fingerprint density at radius 1 is 1.18 bits per heavy atom. The second kappa shape index (κ2) is 6.85. The third-order valence-corrected chi connectivity index (χ3v) is 6.06. The van der Waals surface area contributed by atoms with Crippen molar-refractivity contribution in [1.82, 2.24) is 10.2 Å². The first-order chi connectivity index (χ1) is 13.4. The molecule has 1 heterocycles. The van der Waals surface area contributed by atoms with Crippen molar-refractivity contribution < 1.29 is 19.3 Å². The molecule has 146 valence electrons. The van der Waals surface area contributed by atoms with Crippen LogP contribution in [-0.4, -0.2) is 34.1 Å². The van der Waals surface area contributed by atoms with Gasteiger partial charge in [-0.1, -0.05) is 24.3 Å². The number of fused-ring (bicyclic) bond motifs is 5. The number of nitrogens with zero attached hydrogens (tertiary/aromatic N) is 2. The van der Waals surface area contributed by atoms with Crippen LogP contribution in [0.3, 0.4) is 0 Å². The van der Waals surface area contributed by atoms with E-state index in [1.54, 1.807) is 6.92 Å². The minimum absolute atomic E-state index is 0.0642. The number of nitro benzene ring substituents is 1. The number of carbonyl (C=O) groups excluding carboxylic acids is 3. The Hall–Kier alpha value is -3.03. The zero-order valence-corrected chi connectivity index (χ0v) is 15.4. The lowest BCUT2D eigenvalue weighted by atomic mass is 9.85. The van der Waals surface area contributed by atoms with E-state index in [0.29, 0.717) is 12.1 Å². The largest absolute Gasteiger partial charge is 0.356 e. The molecular weight excluding hydrogens is 362 g/mol. The first kappa shape index (κ1) is 18.3. The van der Waals surface area contributed by atoms with Crippen LogP contribution in [0.4, 0.5) is 5.69 Å². The summed E-state index contributed by atoms with van der Waals surface area (Å²) in [4.78, 5) is 50.2. The fourth-order valence-corrected chi connectivity index (χ4v) is 4.85. The SMILES string of the molecule is CCNC(=O)CC(c1ccc([N+](=O)[O-])cc1)N1C(=O)C2C3C=CC(C3)C2C1=O. The molecule has 5 unspecified atom stereocenters. The van der Waals surface area contributed by atoms with E-state index in [1.807, 2.05) is 12.2 Å². The topological polar surface area (TPSA) is 110 Å². The number of rotatable bonds is 6. The summed E-state index contributed by atoms with van der Waals surface area (Å²) in [6, 6.07) is 4.93. The Kier molecular flexibility index (Phi) is 4.49. The summed E-state index contributed by atoms with van der Waals surface area (Å²) in [5, 5.41) is 13.6. The van der Waals surface area contributed by atoms with Gasteiger partial charge in [0.05, 0.1) is 29.2 Å². The van der Waals surface area contributed by atoms with Gasteiger partial charge in [-0.3, -0.25) is 29.4 Å². The number of non-ortho nitro benzene ring substituents is 1. The Labute approximate surface area is 161 Å². The van der Waals surface area contributed by atoms with Crippen molar-refractivity contribution in [1.29, 1.82) is 0 Å². The number of allylic oxidation sites excluding steroid dienone is 2. The average molecular weight is 383 g/mol. The number of likely N-dealkylation sites (tertiary alicyclic amines) is 1. The van der Waals surface area contributed by atoms with E-state index in [0.717, 1.165) is 6.42 Å². The van der Waals surface area contributed by atoms with Gasteiger partial charge in [0.25, 0.3) is 5.69 Å². The lowest BCUT2D eigenvalue weighted by Crippen LogP contribution is -2.39. The van der Waals surface area contributed by atoms with Gasteiger partial charge in [0.15, 0.2) is 0 Å². The number of nitro groups is 1. The van der Waals surface area contributed by atoms with Crippen molar-refractivity contribution in [2.24, 2.45) is 23.7 Å². The maximum atomic E-state index is 13.1. The first-order valence-electron chi connectivity index (χ1n) is 9.48. The van der Waals surface area contributed by atoms with Gasteiger partial charge in [-0.05, 0) is 30.7 Å². The monoisotopic (exact) mass is 383 g/mol. The van der Waals surface area contributed by atoms with Crippen LogP contribution in [0.5, 0.6) is 0 Å². The fraction of sp³-hybridized carbons (Fsp3) is 0.450. The standard InChI is InChI=1S/C20H21N3O5/c1-2-21-16(24)10-15(11-5-7-14(8-6-11)23(27)28)22-19(25)17-12-3-4-13(9-12)18(17)20(22)26/h3-8,12-13,15,17-18H,2,9-10H2,1H3,(H,21,24). The molecule has 2 bridgehead atoms. The Bertz CT molecular complexity index is 848. The highest BCUT2D eigenvalue weighted by atomic mass is 16.6. The highest BCUT2D eigenvalue weighted by molar-refractivity contribution is 6.07. The molecule has 1 N–H and O–H groups in total. The Morgan fingerprint density at radius 3 is 2.25 bits per heavy atom. The van der Waals surface area contributed by atoms with E-state index >= 15 is 0 Å². The molecule has 1 saturated heterocycles. The molecule has 0 spiro atoms. The highest BCUT2D eigenvalue weighted by Crippen LogP contribution is 2.54. The minimum atomic E-state index is -0.766. The maximum Gasteiger partial charge on any atom is 0.269 e. The highest BCUT2D eigenvalue weighted by Gasteiger charge is 2.60. The normalized spacial score (nSPS) is 28.5. The number of benzene rings is 1. The van der Waals surface area contributed by atoms with Crippen LogP contribution >= 0.6 is 0 Å². The molecule has 1 aromatic rings. The Morgan fingerprint density at radius 2 is 1.75 bits per heavy atom. The summed E-state index contributed by atoms with van der Waals surface area (Å²) in [7, 11) is 0. The predicted molar refractivity (Wildman–Crippen MR) is 98.7 cm³/mol. The van der Waals surface area contributed by atoms with Crippen molar-refractivity contribution in [3.63, 3.8) is 0 Å². The number of hydrogen-bond acceptors (Lipinski definition) is 5. The average Bonchev–Trinajstić information content (AvgIpc) is 3.34. The number of imide groups is 1. The van der Waals surface area contributed by atoms with Gasteiger partial charge in [-0.15, -0.1) is 0 Å². The van der Waals surface area contributed by atoms with Crippen molar-refractivity contribution in [3.05, 3.63) is 52.1 Å². The molecule has 4 rings (SSSR count). The summed E-state index contributed by atoms with van der Waals surface area (Å²) in [6.45, 7) is 2.23. The molecule has 1 aliphatic heterocycles. The summed E-state index contributed by atoms with van der Waals surface area (Å²) in [5.74, 6) is -1.28. The van der Waals surface area contributed by atoms with E-state index in [9.17, 15) is 24.5 Å². The van der Waals surface area contributed by atoms with E-state index in [2.05, 4.69) is 5.32 Å². The molecule has 28 heavy (non-hydrogen) atoms. The molecule has 2 fully saturated rings. The molecule has 8 nitrogen and oxygen atoms in total. The van der Waals surface area contributed by atoms with Crippen LogP contribution in [0.2, 0.25) is 0 Å². The molecule has 0 aromatic heterocycles. The van der Waals surface area contributed by atoms with Crippen LogP contribution in [0, 0.1) is 33.8 Å². The number of amides is 3. The van der Waals surface area contributed by atoms with E-state index < -0.39 is 11.0 Å². The van der Waals surface area contributed by atoms with Gasteiger partial charge in [0.2, 0.25) is 17.7 Å². The maximum absolute atomic E-state index is 13.1. The van der Waals surface area contributed by atoms with E-state index in [-0.39, 0.29) is 53.5 Å². The lowest BCUT2D eigenvalue weighted by molar-refractivity contribution is -0.384. The van der Waals surface area contributed by atoms with Gasteiger partial charge < -0.3 is 5.32 Å². The minimum Gasteiger partial charge on any atom is -0.356 e. The van der Waals surface area contributed by atoms with Crippen molar-refractivity contribution >= 4 is 23.4 Å². The molecule has 3 aliphatic rings. The van der Waals surface area contributed by atoms with Gasteiger partial charge in [-0.25, -0.2) is 0 Å². The van der Waals surface area contributed by atoms with Crippen LogP contribution in [0.1, 0.15) is 31.4 Å². The number of carbonyl (C=O) groups is 3. The number of nitrogens with one attached hydrogen (secondary N) is 1. The fourth-order valence-electron chi connectivity index (χ4n) is 4.85. The predicted octanol–water partition coefficient (Wildman–Crippen LogP) is 1.97. The third-order valence-electron chi connectivity index (χ3n) is 6.06. The van der Waals surface area contributed by atoms with Gasteiger partial charge in [0, 0.05) is 18.7 Å². The third kappa shape index (κ3) is 2.80. The number of hydrogen-bond donors (Lipinski definition) is 1. The molecular formula is C20H21N3O5. The molecule has 8 heteroatoms. The Balaban J connectivity index is 1.67. The van der Waals surface area contributed by atoms with Crippen LogP contribution in [-0.2, 0) is 14.4 Å². The second-order valence-corrected chi connectivity index (χ2v) is 7.57. The molecule has 1 aromatic carbocycles. The van der Waals surface area contributed by atoms with Gasteiger partial charge in [-0.2, -0.15) is 0 Å². The summed E-state index contributed by atoms with van der Waals surface area (Å²) >= 11 is 0. The summed E-state index contributed by atoms with van der Waals surface area (Å²) in [6.07, 6.45) is 4.81. The second-order valence-electron chi connectivity index (χ2n) is 7.57. The van der Waals surface area contributed by atoms with Gasteiger partial charge >= 0.3 is 0 Å². The lowest BCUT2D eigenvalue weighted by Gasteiger charge is -2.28. The summed E-state index contributed by atoms with van der Waals surface area (Å²) in [5.41, 5.74) is 0.456. The summed E-state index contributed by atoms with van der Waals surface area (Å²) < 4.78 is 0. The molecule has 0 radical (unpaired) electrons. The van der Waals surface area contributed by atoms with Crippen LogP contribution < -0.4 is 5.32 Å². The van der Waals surface area contributed by atoms with Crippen LogP contribution in [0.25, 0.3) is 0 Å². The van der Waals surface area contributed by atoms with Gasteiger partial charge in [0.1, 0.15) is 0 Å². The van der Waals surface area contributed by atoms with Crippen molar-refractivity contribution in [2.75, 3.05) is 6.54 Å². The van der Waals surface area contributed by atoms with Crippen molar-refractivity contribution in [3.8, 4) is 0 Å². The quantitative estimate of drug-likeness (QED) is 0.350. The van der Waals surface area contributed by atoms with E-state index in [4.69, 9.17) is 0 Å². The van der Waals surface area contributed by atoms with Crippen molar-refractivity contribution in [2.45, 2.75) is 25.8 Å². The zero-order chi connectivity index (χ0) is 20.0. The molecule has 1 saturated carbocycles. The van der Waals surface area contributed by atoms with Crippen LogP contribution in [0.15, 0.2) is 36.4 Å². The molecule has 3 amide bonds. The molecule has 5 atom stereocenters. The zero-order valence-electron chi connectivity index (χ0n) is 15.4. The molecule has 2 aliphatic carbocycles.